The Morgan fingerprint density at radius 2 is 2.03 bits per heavy atom. The number of hydrogen-bond acceptors (Lipinski definition) is 9. The van der Waals surface area contributed by atoms with Crippen molar-refractivity contribution in [3.8, 4) is 28.0 Å². The summed E-state index contributed by atoms with van der Waals surface area (Å²) < 4.78 is 1.78. The molecule has 4 aromatic rings. The van der Waals surface area contributed by atoms with E-state index in [9.17, 15) is 0 Å². The van der Waals surface area contributed by atoms with Gasteiger partial charge in [0.25, 0.3) is 0 Å². The number of nitriles is 1. The molecule has 0 saturated carbocycles. The van der Waals surface area contributed by atoms with Crippen LogP contribution in [0, 0.1) is 11.3 Å². The van der Waals surface area contributed by atoms with E-state index in [1.165, 1.54) is 11.3 Å². The summed E-state index contributed by atoms with van der Waals surface area (Å²) in [5, 5.41) is 30.3. The van der Waals surface area contributed by atoms with Crippen molar-refractivity contribution in [3.63, 3.8) is 0 Å². The van der Waals surface area contributed by atoms with Crippen molar-refractivity contribution in [2.45, 2.75) is 39.3 Å². The van der Waals surface area contributed by atoms with Gasteiger partial charge >= 0.3 is 0 Å². The minimum Gasteiger partial charge on any atom is -0.382 e. The number of hydrogen-bond donors (Lipinski definition) is 3. The fraction of sp³-hybridized carbons (Fsp3) is 0.318. The van der Waals surface area contributed by atoms with Gasteiger partial charge in [-0.3, -0.25) is 4.98 Å². The number of anilines is 2. The summed E-state index contributed by atoms with van der Waals surface area (Å²) in [5.74, 6) is 0. The van der Waals surface area contributed by atoms with Crippen LogP contribution in [0.3, 0.4) is 0 Å². The van der Waals surface area contributed by atoms with Crippen molar-refractivity contribution in [2.75, 3.05) is 17.2 Å². The summed E-state index contributed by atoms with van der Waals surface area (Å²) in [6.45, 7) is 8.67. The molecule has 4 aromatic heterocycles. The second-order valence-corrected chi connectivity index (χ2v) is 9.56. The maximum atomic E-state index is 9.11. The molecule has 10 heteroatoms. The summed E-state index contributed by atoms with van der Waals surface area (Å²) in [5.41, 5.74) is 10.5. The number of nitrogens with two attached hydrogens (primary N) is 1. The molecule has 0 spiro atoms. The van der Waals surface area contributed by atoms with E-state index in [0.717, 1.165) is 33.2 Å². The minimum atomic E-state index is -0.346. The van der Waals surface area contributed by atoms with Gasteiger partial charge in [-0.05, 0) is 52.0 Å². The van der Waals surface area contributed by atoms with Gasteiger partial charge in [0.15, 0.2) is 5.01 Å². The fourth-order valence-electron chi connectivity index (χ4n) is 3.16. The van der Waals surface area contributed by atoms with E-state index in [1.807, 2.05) is 32.0 Å². The molecule has 0 saturated heterocycles. The van der Waals surface area contributed by atoms with Gasteiger partial charge in [-0.2, -0.15) is 10.4 Å². The Morgan fingerprint density at radius 1 is 1.22 bits per heavy atom. The number of rotatable bonds is 7. The summed E-state index contributed by atoms with van der Waals surface area (Å²) in [7, 11) is 0. The van der Waals surface area contributed by atoms with Gasteiger partial charge in [0.2, 0.25) is 5.13 Å². The molecule has 0 unspecified atom stereocenters. The molecule has 0 bridgehead atoms. The maximum Gasteiger partial charge on any atom is 0.206 e. The van der Waals surface area contributed by atoms with Crippen molar-refractivity contribution in [1.29, 1.82) is 5.26 Å². The molecule has 4 rings (SSSR count). The second kappa shape index (κ2) is 8.53. The Bertz CT molecular complexity index is 1290. The second-order valence-electron chi connectivity index (χ2n) is 8.58. The molecular weight excluding hydrogens is 422 g/mol. The monoisotopic (exact) mass is 447 g/mol. The smallest absolute Gasteiger partial charge is 0.206 e. The third-order valence-electron chi connectivity index (χ3n) is 4.59. The Balaban J connectivity index is 1.70. The predicted molar refractivity (Wildman–Crippen MR) is 128 cm³/mol. The predicted octanol–water partition coefficient (Wildman–Crippen LogP) is 3.76. The molecule has 0 amide bonds. The lowest BCUT2D eigenvalue weighted by atomic mass is 10.1. The number of fused-ring (bicyclic) bond motifs is 1. The summed E-state index contributed by atoms with van der Waals surface area (Å²) in [6, 6.07) is 10.0. The lowest BCUT2D eigenvalue weighted by Gasteiger charge is -2.17. The molecule has 0 aromatic carbocycles. The number of nitrogens with one attached hydrogen (secondary N) is 2. The van der Waals surface area contributed by atoms with Gasteiger partial charge in [-0.1, -0.05) is 11.3 Å². The molecule has 4 N–H and O–H groups in total. The summed E-state index contributed by atoms with van der Waals surface area (Å²) in [4.78, 5) is 4.69. The number of aromatic nitrogens is 5. The fourth-order valence-corrected chi connectivity index (χ4v) is 3.92. The standard InChI is InChI=1S/C22H25N9S/c1-13(2)28-17-8-18(19-6-5-15-7-14(9-23)10-27-31(15)19)25-11-16(17)20-29-30-21(32-20)26-12-22(3,4)24/h5-8,10-11,13H,12,24H2,1-4H3,(H,25,28)(H,26,30). The van der Waals surface area contributed by atoms with E-state index in [2.05, 4.69) is 50.8 Å². The third kappa shape index (κ3) is 4.69. The van der Waals surface area contributed by atoms with Crippen LogP contribution in [0.1, 0.15) is 33.3 Å². The highest BCUT2D eigenvalue weighted by atomic mass is 32.1. The maximum absolute atomic E-state index is 9.11. The Labute approximate surface area is 190 Å². The average molecular weight is 448 g/mol. The highest BCUT2D eigenvalue weighted by molar-refractivity contribution is 7.18. The van der Waals surface area contributed by atoms with Crippen LogP contribution in [0.5, 0.6) is 0 Å². The van der Waals surface area contributed by atoms with E-state index >= 15 is 0 Å². The largest absolute Gasteiger partial charge is 0.382 e. The first-order chi connectivity index (χ1) is 15.2. The summed E-state index contributed by atoms with van der Waals surface area (Å²) in [6.07, 6.45) is 3.36. The highest BCUT2D eigenvalue weighted by Gasteiger charge is 2.17. The first-order valence-electron chi connectivity index (χ1n) is 10.2. The van der Waals surface area contributed by atoms with Crippen molar-refractivity contribution < 1.29 is 0 Å². The molecule has 164 valence electrons. The van der Waals surface area contributed by atoms with Crippen LogP contribution in [0.4, 0.5) is 10.8 Å². The molecule has 9 nitrogen and oxygen atoms in total. The molecule has 0 fully saturated rings. The SMILES string of the molecule is CC(C)Nc1cc(-c2ccc3cc(C#N)cnn23)ncc1-c1nnc(NCC(C)(C)N)s1. The van der Waals surface area contributed by atoms with Crippen LogP contribution in [0.2, 0.25) is 0 Å². The van der Waals surface area contributed by atoms with E-state index in [-0.39, 0.29) is 11.6 Å². The number of pyridine rings is 1. The van der Waals surface area contributed by atoms with Gasteiger partial charge in [-0.15, -0.1) is 10.2 Å². The zero-order chi connectivity index (χ0) is 22.9. The quantitative estimate of drug-likeness (QED) is 0.390. The van der Waals surface area contributed by atoms with Crippen LogP contribution in [-0.4, -0.2) is 42.9 Å². The first kappa shape index (κ1) is 21.7. The molecule has 0 radical (unpaired) electrons. The minimum absolute atomic E-state index is 0.216. The van der Waals surface area contributed by atoms with Crippen molar-refractivity contribution >= 4 is 27.7 Å². The zero-order valence-corrected chi connectivity index (χ0v) is 19.2. The summed E-state index contributed by atoms with van der Waals surface area (Å²) >= 11 is 1.46. The topological polar surface area (TPSA) is 130 Å². The average Bonchev–Trinajstić information content (AvgIpc) is 3.38. The van der Waals surface area contributed by atoms with Crippen LogP contribution >= 0.6 is 11.3 Å². The molecule has 4 heterocycles. The highest BCUT2D eigenvalue weighted by Crippen LogP contribution is 2.34. The van der Waals surface area contributed by atoms with E-state index < -0.39 is 0 Å². The first-order valence-corrected chi connectivity index (χ1v) is 11.1. The van der Waals surface area contributed by atoms with Crippen molar-refractivity contribution in [3.05, 3.63) is 42.2 Å². The third-order valence-corrected chi connectivity index (χ3v) is 5.50. The van der Waals surface area contributed by atoms with Crippen molar-refractivity contribution in [1.82, 2.24) is 24.8 Å². The van der Waals surface area contributed by atoms with Gasteiger partial charge in [0, 0.05) is 30.0 Å². The molecule has 0 aliphatic carbocycles. The number of nitrogens with zero attached hydrogens (tertiary/aromatic N) is 6. The van der Waals surface area contributed by atoms with Crippen molar-refractivity contribution in [2.24, 2.45) is 5.73 Å². The Kier molecular flexibility index (Phi) is 5.78. The van der Waals surface area contributed by atoms with Crippen LogP contribution in [0.15, 0.2) is 36.7 Å². The van der Waals surface area contributed by atoms with Crippen LogP contribution < -0.4 is 16.4 Å². The molecule has 32 heavy (non-hydrogen) atoms. The molecule has 0 aliphatic heterocycles. The van der Waals surface area contributed by atoms with Gasteiger partial charge in [0.1, 0.15) is 6.07 Å². The van der Waals surface area contributed by atoms with E-state index in [0.29, 0.717) is 17.2 Å². The zero-order valence-electron chi connectivity index (χ0n) is 18.4. The van der Waals surface area contributed by atoms with Gasteiger partial charge in [0.05, 0.1) is 34.2 Å². The molecule has 0 atom stereocenters. The lowest BCUT2D eigenvalue weighted by molar-refractivity contribution is 0.549. The van der Waals surface area contributed by atoms with E-state index in [4.69, 9.17) is 11.0 Å². The molecule has 0 aliphatic rings. The lowest BCUT2D eigenvalue weighted by Crippen LogP contribution is -2.39. The van der Waals surface area contributed by atoms with Crippen LogP contribution in [-0.2, 0) is 0 Å². The van der Waals surface area contributed by atoms with Crippen LogP contribution in [0.25, 0.3) is 27.5 Å². The molecular formula is C22H25N9S. The normalized spacial score (nSPS) is 11.7. The van der Waals surface area contributed by atoms with Gasteiger partial charge in [-0.25, -0.2) is 4.52 Å². The van der Waals surface area contributed by atoms with Gasteiger partial charge < -0.3 is 16.4 Å². The Morgan fingerprint density at radius 3 is 2.75 bits per heavy atom. The van der Waals surface area contributed by atoms with E-state index in [1.54, 1.807) is 23.0 Å². The Hall–Kier alpha value is -3.55.